The van der Waals surface area contributed by atoms with Crippen LogP contribution in [0.25, 0.3) is 0 Å². The maximum absolute atomic E-state index is 12.5. The number of rotatable bonds is 4. The van der Waals surface area contributed by atoms with Gasteiger partial charge in [-0.25, -0.2) is 0 Å². The summed E-state index contributed by atoms with van der Waals surface area (Å²) in [6.45, 7) is 0.505. The van der Waals surface area contributed by atoms with Crippen molar-refractivity contribution in [2.24, 2.45) is 5.41 Å². The third kappa shape index (κ3) is 3.15. The van der Waals surface area contributed by atoms with Crippen molar-refractivity contribution >= 4 is 35.1 Å². The van der Waals surface area contributed by atoms with E-state index in [0.717, 1.165) is 0 Å². The Kier molecular flexibility index (Phi) is 4.76. The highest BCUT2D eigenvalue weighted by Gasteiger charge is 2.46. The molecule has 1 amide bonds. The van der Waals surface area contributed by atoms with E-state index in [4.69, 9.17) is 27.9 Å². The van der Waals surface area contributed by atoms with Crippen LogP contribution in [-0.2, 0) is 9.53 Å². The zero-order valence-electron chi connectivity index (χ0n) is 11.4. The van der Waals surface area contributed by atoms with Crippen molar-refractivity contribution in [2.75, 3.05) is 26.8 Å². The van der Waals surface area contributed by atoms with Gasteiger partial charge in [0.05, 0.1) is 17.2 Å². The summed E-state index contributed by atoms with van der Waals surface area (Å²) in [4.78, 5) is 25.4. The van der Waals surface area contributed by atoms with Crippen molar-refractivity contribution in [3.63, 3.8) is 0 Å². The Morgan fingerprint density at radius 2 is 2.14 bits per heavy atom. The van der Waals surface area contributed by atoms with Crippen LogP contribution in [0.2, 0.25) is 10.0 Å². The smallest absolute Gasteiger partial charge is 0.313 e. The molecule has 1 fully saturated rings. The molecule has 1 unspecified atom stereocenters. The van der Waals surface area contributed by atoms with Crippen molar-refractivity contribution in [3.05, 3.63) is 33.8 Å². The van der Waals surface area contributed by atoms with Crippen molar-refractivity contribution in [1.29, 1.82) is 0 Å². The maximum Gasteiger partial charge on any atom is 0.313 e. The average Bonchev–Trinajstić information content (AvgIpc) is 2.87. The Morgan fingerprint density at radius 1 is 1.43 bits per heavy atom. The van der Waals surface area contributed by atoms with Gasteiger partial charge in [0.1, 0.15) is 5.41 Å². The highest BCUT2D eigenvalue weighted by molar-refractivity contribution is 6.35. The number of carbonyl (C=O) groups excluding carboxylic acids is 1. The topological polar surface area (TPSA) is 66.8 Å². The van der Waals surface area contributed by atoms with Gasteiger partial charge in [-0.15, -0.1) is 0 Å². The van der Waals surface area contributed by atoms with E-state index in [-0.39, 0.29) is 24.6 Å². The number of amides is 1. The Labute approximate surface area is 132 Å². The molecule has 1 heterocycles. The predicted octanol–water partition coefficient (Wildman–Crippen LogP) is 2.56. The third-order valence-electron chi connectivity index (χ3n) is 3.67. The zero-order chi connectivity index (χ0) is 15.6. The van der Waals surface area contributed by atoms with E-state index in [2.05, 4.69) is 0 Å². The molecule has 0 aromatic heterocycles. The highest BCUT2D eigenvalue weighted by Crippen LogP contribution is 2.33. The SMILES string of the molecule is COCC1(C(=O)O)CCN(C(=O)c2cc(Cl)ccc2Cl)C1. The number of hydrogen-bond donors (Lipinski definition) is 1. The standard InChI is InChI=1S/C14H15Cl2NO4/c1-21-8-14(13(19)20)4-5-17(7-14)12(18)10-6-9(15)2-3-11(10)16/h2-3,6H,4-5,7-8H2,1H3,(H,19,20). The summed E-state index contributed by atoms with van der Waals surface area (Å²) >= 11 is 11.9. The molecular formula is C14H15Cl2NO4. The predicted molar refractivity (Wildman–Crippen MR) is 78.9 cm³/mol. The zero-order valence-corrected chi connectivity index (χ0v) is 12.9. The number of aliphatic carboxylic acids is 1. The number of hydrogen-bond acceptors (Lipinski definition) is 3. The molecule has 1 N–H and O–H groups in total. The summed E-state index contributed by atoms with van der Waals surface area (Å²) < 4.78 is 5.00. The molecule has 0 bridgehead atoms. The lowest BCUT2D eigenvalue weighted by Crippen LogP contribution is -2.40. The van der Waals surface area contributed by atoms with Crippen LogP contribution in [0.5, 0.6) is 0 Å². The van der Waals surface area contributed by atoms with Gasteiger partial charge in [0, 0.05) is 25.2 Å². The minimum atomic E-state index is -1.06. The highest BCUT2D eigenvalue weighted by atomic mass is 35.5. The summed E-state index contributed by atoms with van der Waals surface area (Å²) in [5.41, 5.74) is -0.780. The van der Waals surface area contributed by atoms with E-state index in [1.165, 1.54) is 18.1 Å². The lowest BCUT2D eigenvalue weighted by atomic mass is 9.88. The first-order valence-corrected chi connectivity index (χ1v) is 7.12. The molecule has 1 atom stereocenters. The summed E-state index contributed by atoms with van der Waals surface area (Å²) in [6, 6.07) is 4.63. The lowest BCUT2D eigenvalue weighted by molar-refractivity contribution is -0.151. The molecule has 1 saturated heterocycles. The molecule has 1 aliphatic rings. The number of carboxylic acid groups (broad SMARTS) is 1. The second kappa shape index (κ2) is 6.22. The number of carbonyl (C=O) groups is 2. The van der Waals surface area contributed by atoms with Gasteiger partial charge in [0.15, 0.2) is 0 Å². The van der Waals surface area contributed by atoms with Crippen LogP contribution in [0.3, 0.4) is 0 Å². The number of likely N-dealkylation sites (tertiary alicyclic amines) is 1. The van der Waals surface area contributed by atoms with E-state index < -0.39 is 11.4 Å². The molecule has 5 nitrogen and oxygen atoms in total. The molecule has 2 rings (SSSR count). The van der Waals surface area contributed by atoms with Crippen LogP contribution in [0.15, 0.2) is 18.2 Å². The van der Waals surface area contributed by atoms with Gasteiger partial charge in [-0.2, -0.15) is 0 Å². The van der Waals surface area contributed by atoms with Gasteiger partial charge in [-0.3, -0.25) is 9.59 Å². The van der Waals surface area contributed by atoms with Crippen LogP contribution < -0.4 is 0 Å². The van der Waals surface area contributed by atoms with Gasteiger partial charge in [-0.05, 0) is 24.6 Å². The van der Waals surface area contributed by atoms with Crippen molar-refractivity contribution in [3.8, 4) is 0 Å². The van der Waals surface area contributed by atoms with E-state index >= 15 is 0 Å². The molecule has 0 saturated carbocycles. The van der Waals surface area contributed by atoms with Crippen LogP contribution >= 0.6 is 23.2 Å². The normalized spacial score (nSPS) is 21.6. The fourth-order valence-corrected chi connectivity index (χ4v) is 2.88. The minimum Gasteiger partial charge on any atom is -0.481 e. The fourth-order valence-electron chi connectivity index (χ4n) is 2.51. The van der Waals surface area contributed by atoms with E-state index in [1.54, 1.807) is 12.1 Å². The van der Waals surface area contributed by atoms with Gasteiger partial charge in [0.25, 0.3) is 5.91 Å². The van der Waals surface area contributed by atoms with Crippen LogP contribution in [0.4, 0.5) is 0 Å². The number of ether oxygens (including phenoxy) is 1. The summed E-state index contributed by atoms with van der Waals surface area (Å²) in [6.07, 6.45) is 0.347. The average molecular weight is 332 g/mol. The molecule has 7 heteroatoms. The van der Waals surface area contributed by atoms with Gasteiger partial charge in [-0.1, -0.05) is 23.2 Å². The molecule has 1 aromatic rings. The number of carboxylic acids is 1. The lowest BCUT2D eigenvalue weighted by Gasteiger charge is -2.24. The first-order chi connectivity index (χ1) is 9.89. The van der Waals surface area contributed by atoms with Crippen molar-refractivity contribution in [1.82, 2.24) is 4.90 Å². The maximum atomic E-state index is 12.5. The number of halogens is 2. The van der Waals surface area contributed by atoms with E-state index in [1.807, 2.05) is 0 Å². The van der Waals surface area contributed by atoms with Crippen molar-refractivity contribution in [2.45, 2.75) is 6.42 Å². The molecular weight excluding hydrogens is 317 g/mol. The number of benzene rings is 1. The Hall–Kier alpha value is -1.30. The Morgan fingerprint density at radius 3 is 2.76 bits per heavy atom. The van der Waals surface area contributed by atoms with Crippen LogP contribution in [-0.4, -0.2) is 48.7 Å². The summed E-state index contributed by atoms with van der Waals surface area (Å²) in [5, 5.41) is 10.1. The number of nitrogens with zero attached hydrogens (tertiary/aromatic N) is 1. The second-order valence-corrected chi connectivity index (χ2v) is 5.96. The van der Waals surface area contributed by atoms with E-state index in [9.17, 15) is 14.7 Å². The quantitative estimate of drug-likeness (QED) is 0.920. The van der Waals surface area contributed by atoms with Gasteiger partial charge >= 0.3 is 5.97 Å². The summed E-state index contributed by atoms with van der Waals surface area (Å²) in [5.74, 6) is -1.28. The molecule has 0 radical (unpaired) electrons. The van der Waals surface area contributed by atoms with E-state index in [0.29, 0.717) is 23.0 Å². The molecule has 1 aromatic carbocycles. The third-order valence-corrected chi connectivity index (χ3v) is 4.24. The number of methoxy groups -OCH3 is 1. The Balaban J connectivity index is 2.22. The largest absolute Gasteiger partial charge is 0.481 e. The minimum absolute atomic E-state index is 0.0649. The van der Waals surface area contributed by atoms with Gasteiger partial charge < -0.3 is 14.7 Å². The molecule has 1 aliphatic heterocycles. The monoisotopic (exact) mass is 331 g/mol. The first kappa shape index (κ1) is 16.1. The fraction of sp³-hybridized carbons (Fsp3) is 0.429. The molecule has 0 spiro atoms. The summed E-state index contributed by atoms with van der Waals surface area (Å²) in [7, 11) is 1.45. The molecule has 0 aliphatic carbocycles. The van der Waals surface area contributed by atoms with Crippen LogP contribution in [0.1, 0.15) is 16.8 Å². The molecule has 21 heavy (non-hydrogen) atoms. The van der Waals surface area contributed by atoms with Gasteiger partial charge in [0.2, 0.25) is 0 Å². The van der Waals surface area contributed by atoms with Crippen molar-refractivity contribution < 1.29 is 19.4 Å². The molecule has 114 valence electrons. The van der Waals surface area contributed by atoms with Crippen LogP contribution in [0, 0.1) is 5.41 Å². The Bertz CT molecular complexity index is 578. The first-order valence-electron chi connectivity index (χ1n) is 6.36. The second-order valence-electron chi connectivity index (χ2n) is 5.12.